The highest BCUT2D eigenvalue weighted by Gasteiger charge is 2.14. The second-order valence-corrected chi connectivity index (χ2v) is 4.15. The Hall–Kier alpha value is -2.43. The number of amides is 1. The van der Waals surface area contributed by atoms with Gasteiger partial charge in [0.2, 0.25) is 5.91 Å². The third-order valence-electron chi connectivity index (χ3n) is 2.61. The third kappa shape index (κ3) is 2.70. The van der Waals surface area contributed by atoms with E-state index < -0.39 is 5.82 Å². The van der Waals surface area contributed by atoms with Gasteiger partial charge >= 0.3 is 0 Å². The summed E-state index contributed by atoms with van der Waals surface area (Å²) in [4.78, 5) is 21.8. The standard InChI is InChI=1S/C14H12FNO3/c1-8-5-10(15)6-12(14(8)16-9(2)18)13-4-3-11(7-17)19-13/h3-7H,1-2H3,(H,16,18). The molecule has 4 nitrogen and oxygen atoms in total. The monoisotopic (exact) mass is 261 g/mol. The molecule has 0 aliphatic carbocycles. The zero-order valence-corrected chi connectivity index (χ0v) is 10.5. The summed E-state index contributed by atoms with van der Waals surface area (Å²) in [5, 5.41) is 2.64. The molecular weight excluding hydrogens is 249 g/mol. The first kappa shape index (κ1) is 13.0. The Kier molecular flexibility index (Phi) is 3.46. The van der Waals surface area contributed by atoms with Crippen LogP contribution < -0.4 is 5.32 Å². The average Bonchev–Trinajstić information content (AvgIpc) is 2.80. The van der Waals surface area contributed by atoms with Gasteiger partial charge in [-0.3, -0.25) is 9.59 Å². The number of carbonyl (C=O) groups excluding carboxylic acids is 2. The van der Waals surface area contributed by atoms with E-state index in [2.05, 4.69) is 5.32 Å². The summed E-state index contributed by atoms with van der Waals surface area (Å²) >= 11 is 0. The van der Waals surface area contributed by atoms with E-state index in [1.54, 1.807) is 13.0 Å². The van der Waals surface area contributed by atoms with Crippen LogP contribution in [0.25, 0.3) is 11.3 Å². The van der Waals surface area contributed by atoms with E-state index in [-0.39, 0.29) is 11.7 Å². The van der Waals surface area contributed by atoms with E-state index in [4.69, 9.17) is 4.42 Å². The average molecular weight is 261 g/mol. The van der Waals surface area contributed by atoms with E-state index >= 15 is 0 Å². The van der Waals surface area contributed by atoms with Crippen LogP contribution in [0.2, 0.25) is 0 Å². The second-order valence-electron chi connectivity index (χ2n) is 4.15. The molecule has 1 amide bonds. The molecule has 0 unspecified atom stereocenters. The lowest BCUT2D eigenvalue weighted by molar-refractivity contribution is -0.114. The number of aldehydes is 1. The van der Waals surface area contributed by atoms with Gasteiger partial charge in [0.05, 0.1) is 5.69 Å². The normalized spacial score (nSPS) is 10.3. The molecule has 1 aromatic heterocycles. The number of aryl methyl sites for hydroxylation is 1. The van der Waals surface area contributed by atoms with Crippen LogP contribution in [0.3, 0.4) is 0 Å². The summed E-state index contributed by atoms with van der Waals surface area (Å²) in [6.45, 7) is 3.05. The first-order valence-electron chi connectivity index (χ1n) is 5.64. The summed E-state index contributed by atoms with van der Waals surface area (Å²) in [7, 11) is 0. The van der Waals surface area contributed by atoms with Crippen molar-refractivity contribution >= 4 is 17.9 Å². The number of hydrogen-bond donors (Lipinski definition) is 1. The predicted octanol–water partition coefficient (Wildman–Crippen LogP) is 3.17. The number of halogens is 1. The molecule has 0 atom stereocenters. The quantitative estimate of drug-likeness (QED) is 0.863. The molecule has 1 aromatic carbocycles. The lowest BCUT2D eigenvalue weighted by Gasteiger charge is -2.11. The van der Waals surface area contributed by atoms with Crippen molar-refractivity contribution in [3.05, 3.63) is 41.4 Å². The lowest BCUT2D eigenvalue weighted by Crippen LogP contribution is -2.08. The molecule has 0 aliphatic heterocycles. The van der Waals surface area contributed by atoms with E-state index in [0.29, 0.717) is 28.9 Å². The number of carbonyl (C=O) groups is 2. The summed E-state index contributed by atoms with van der Waals surface area (Å²) in [6, 6.07) is 5.62. The molecule has 0 saturated heterocycles. The highest BCUT2D eigenvalue weighted by atomic mass is 19.1. The number of hydrogen-bond acceptors (Lipinski definition) is 3. The van der Waals surface area contributed by atoms with Crippen LogP contribution >= 0.6 is 0 Å². The molecule has 0 saturated carbocycles. The molecule has 0 aliphatic rings. The summed E-state index contributed by atoms with van der Waals surface area (Å²) in [5.74, 6) is -0.233. The Morgan fingerprint density at radius 2 is 2.11 bits per heavy atom. The van der Waals surface area contributed by atoms with Crippen LogP contribution in [0.15, 0.2) is 28.7 Å². The van der Waals surface area contributed by atoms with Gasteiger partial charge in [-0.25, -0.2) is 4.39 Å². The highest BCUT2D eigenvalue weighted by Crippen LogP contribution is 2.33. The maximum atomic E-state index is 13.5. The SMILES string of the molecule is CC(=O)Nc1c(C)cc(F)cc1-c1ccc(C=O)o1. The topological polar surface area (TPSA) is 59.3 Å². The fraction of sp³-hybridized carbons (Fsp3) is 0.143. The van der Waals surface area contributed by atoms with Crippen LogP contribution in [0.1, 0.15) is 23.0 Å². The van der Waals surface area contributed by atoms with E-state index in [1.807, 2.05) is 0 Å². The molecule has 5 heteroatoms. The number of nitrogens with one attached hydrogen (secondary N) is 1. The van der Waals surface area contributed by atoms with Crippen molar-refractivity contribution in [1.82, 2.24) is 0 Å². The van der Waals surface area contributed by atoms with Crippen molar-refractivity contribution in [1.29, 1.82) is 0 Å². The van der Waals surface area contributed by atoms with Crippen LogP contribution in [-0.2, 0) is 4.79 Å². The lowest BCUT2D eigenvalue weighted by atomic mass is 10.1. The van der Waals surface area contributed by atoms with Gasteiger partial charge in [-0.15, -0.1) is 0 Å². The third-order valence-corrected chi connectivity index (χ3v) is 2.61. The molecule has 1 heterocycles. The van der Waals surface area contributed by atoms with Gasteiger partial charge < -0.3 is 9.73 Å². The maximum Gasteiger partial charge on any atom is 0.221 e. The number of benzene rings is 1. The first-order valence-corrected chi connectivity index (χ1v) is 5.64. The fourth-order valence-corrected chi connectivity index (χ4v) is 1.84. The van der Waals surface area contributed by atoms with E-state index in [9.17, 15) is 14.0 Å². The molecule has 0 spiro atoms. The minimum absolute atomic E-state index is 0.144. The van der Waals surface area contributed by atoms with Crippen LogP contribution in [0, 0.1) is 12.7 Å². The van der Waals surface area contributed by atoms with Gasteiger partial charge in [-0.1, -0.05) is 0 Å². The molecule has 98 valence electrons. The van der Waals surface area contributed by atoms with Crippen LogP contribution in [0.5, 0.6) is 0 Å². The van der Waals surface area contributed by atoms with Crippen molar-refractivity contribution in [2.45, 2.75) is 13.8 Å². The molecular formula is C14H12FNO3. The zero-order valence-electron chi connectivity index (χ0n) is 10.5. The molecule has 2 rings (SSSR count). The Morgan fingerprint density at radius 3 is 2.68 bits per heavy atom. The number of furan rings is 1. The zero-order chi connectivity index (χ0) is 14.0. The van der Waals surface area contributed by atoms with Gasteiger partial charge in [0, 0.05) is 12.5 Å². The minimum Gasteiger partial charge on any atom is -0.453 e. The number of rotatable bonds is 3. The largest absolute Gasteiger partial charge is 0.453 e. The van der Waals surface area contributed by atoms with Crippen molar-refractivity contribution in [2.24, 2.45) is 0 Å². The second kappa shape index (κ2) is 5.06. The summed E-state index contributed by atoms with van der Waals surface area (Å²) in [6.07, 6.45) is 0.563. The smallest absolute Gasteiger partial charge is 0.221 e. The van der Waals surface area contributed by atoms with Gasteiger partial charge in [-0.2, -0.15) is 0 Å². The molecule has 19 heavy (non-hydrogen) atoms. The van der Waals surface area contributed by atoms with Crippen LogP contribution in [-0.4, -0.2) is 12.2 Å². The molecule has 0 radical (unpaired) electrons. The molecule has 0 fully saturated rings. The first-order chi connectivity index (χ1) is 9.01. The van der Waals surface area contributed by atoms with Crippen molar-refractivity contribution < 1.29 is 18.4 Å². The summed E-state index contributed by atoms with van der Waals surface area (Å²) in [5.41, 5.74) is 1.45. The maximum absolute atomic E-state index is 13.5. The number of anilines is 1. The minimum atomic E-state index is -0.439. The van der Waals surface area contributed by atoms with Gasteiger partial charge in [0.15, 0.2) is 12.0 Å². The Morgan fingerprint density at radius 1 is 1.37 bits per heavy atom. The Balaban J connectivity index is 2.59. The van der Waals surface area contributed by atoms with E-state index in [0.717, 1.165) is 0 Å². The van der Waals surface area contributed by atoms with Crippen molar-refractivity contribution in [3.63, 3.8) is 0 Å². The highest BCUT2D eigenvalue weighted by molar-refractivity contribution is 5.94. The predicted molar refractivity (Wildman–Crippen MR) is 68.5 cm³/mol. The van der Waals surface area contributed by atoms with E-state index in [1.165, 1.54) is 25.1 Å². The molecule has 0 bridgehead atoms. The van der Waals surface area contributed by atoms with Gasteiger partial charge in [-0.05, 0) is 36.8 Å². The molecule has 1 N–H and O–H groups in total. The van der Waals surface area contributed by atoms with Gasteiger partial charge in [0.1, 0.15) is 11.6 Å². The van der Waals surface area contributed by atoms with Crippen LogP contribution in [0.4, 0.5) is 10.1 Å². The molecule has 2 aromatic rings. The Labute approximate surface area is 109 Å². The Bertz CT molecular complexity index is 646. The van der Waals surface area contributed by atoms with Crippen molar-refractivity contribution in [2.75, 3.05) is 5.32 Å². The van der Waals surface area contributed by atoms with Crippen molar-refractivity contribution in [3.8, 4) is 11.3 Å². The van der Waals surface area contributed by atoms with Gasteiger partial charge in [0.25, 0.3) is 0 Å². The summed E-state index contributed by atoms with van der Waals surface area (Å²) < 4.78 is 18.8. The fourth-order valence-electron chi connectivity index (χ4n) is 1.84.